The molecule has 2 rings (SSSR count). The quantitative estimate of drug-likeness (QED) is 0.701. The fourth-order valence-corrected chi connectivity index (χ4v) is 2.60. The Hall–Kier alpha value is -0.570. The SMILES string of the molecule is CC(C)(C)CC1=NOC2(C1)CN(C(C)(C)C)C2. The van der Waals surface area contributed by atoms with Gasteiger partial charge >= 0.3 is 0 Å². The lowest BCUT2D eigenvalue weighted by Crippen LogP contribution is -2.67. The minimum Gasteiger partial charge on any atom is -0.386 e. The highest BCUT2D eigenvalue weighted by atomic mass is 16.7. The van der Waals surface area contributed by atoms with Gasteiger partial charge in [0.25, 0.3) is 0 Å². The van der Waals surface area contributed by atoms with Gasteiger partial charge in [-0.05, 0) is 32.6 Å². The van der Waals surface area contributed by atoms with Crippen molar-refractivity contribution in [1.82, 2.24) is 4.90 Å². The Balaban J connectivity index is 1.87. The van der Waals surface area contributed by atoms with E-state index in [4.69, 9.17) is 4.84 Å². The topological polar surface area (TPSA) is 24.8 Å². The maximum absolute atomic E-state index is 5.71. The zero-order chi connectivity index (χ0) is 12.9. The van der Waals surface area contributed by atoms with E-state index >= 15 is 0 Å². The van der Waals surface area contributed by atoms with E-state index in [2.05, 4.69) is 51.6 Å². The molecule has 0 bridgehead atoms. The zero-order valence-corrected chi connectivity index (χ0v) is 12.1. The molecule has 0 aliphatic carbocycles. The van der Waals surface area contributed by atoms with Crippen molar-refractivity contribution in [1.29, 1.82) is 0 Å². The standard InChI is InChI=1S/C14H26N2O/c1-12(2,3)7-11-8-14(17-15-11)9-16(10-14)13(4,5)6/h7-10H2,1-6H3. The Kier molecular flexibility index (Phi) is 2.81. The summed E-state index contributed by atoms with van der Waals surface area (Å²) in [6.45, 7) is 15.6. The van der Waals surface area contributed by atoms with Gasteiger partial charge in [0, 0.05) is 25.0 Å². The molecule has 0 unspecified atom stereocenters. The third-order valence-corrected chi connectivity index (χ3v) is 3.54. The summed E-state index contributed by atoms with van der Waals surface area (Å²) in [4.78, 5) is 8.17. The summed E-state index contributed by atoms with van der Waals surface area (Å²) in [7, 11) is 0. The molecule has 17 heavy (non-hydrogen) atoms. The normalized spacial score (nSPS) is 24.5. The van der Waals surface area contributed by atoms with Crippen LogP contribution < -0.4 is 0 Å². The number of hydrogen-bond donors (Lipinski definition) is 0. The molecule has 0 N–H and O–H groups in total. The maximum atomic E-state index is 5.71. The highest BCUT2D eigenvalue weighted by molar-refractivity contribution is 5.86. The van der Waals surface area contributed by atoms with Crippen molar-refractivity contribution in [2.45, 2.75) is 65.5 Å². The molecule has 2 aliphatic rings. The smallest absolute Gasteiger partial charge is 0.168 e. The molecule has 0 atom stereocenters. The number of hydrogen-bond acceptors (Lipinski definition) is 3. The summed E-state index contributed by atoms with van der Waals surface area (Å²) in [6.07, 6.45) is 2.07. The first-order valence-corrected chi connectivity index (χ1v) is 6.59. The van der Waals surface area contributed by atoms with Crippen LogP contribution in [0.4, 0.5) is 0 Å². The summed E-state index contributed by atoms with van der Waals surface area (Å²) in [5.74, 6) is 0. The second-order valence-electron chi connectivity index (χ2n) is 7.87. The predicted octanol–water partition coefficient (Wildman–Crippen LogP) is 3.05. The van der Waals surface area contributed by atoms with Crippen molar-refractivity contribution in [3.63, 3.8) is 0 Å². The Morgan fingerprint density at radius 2 is 1.76 bits per heavy atom. The van der Waals surface area contributed by atoms with E-state index in [-0.39, 0.29) is 11.1 Å². The summed E-state index contributed by atoms with van der Waals surface area (Å²) in [5.41, 5.74) is 1.81. The molecular weight excluding hydrogens is 212 g/mol. The van der Waals surface area contributed by atoms with Crippen LogP contribution in [0.25, 0.3) is 0 Å². The Labute approximate surface area is 105 Å². The van der Waals surface area contributed by atoms with Gasteiger partial charge in [0.15, 0.2) is 5.60 Å². The van der Waals surface area contributed by atoms with Crippen molar-refractivity contribution in [2.24, 2.45) is 10.6 Å². The van der Waals surface area contributed by atoms with E-state index in [0.29, 0.717) is 5.41 Å². The van der Waals surface area contributed by atoms with Gasteiger partial charge in [-0.1, -0.05) is 25.9 Å². The molecule has 0 amide bonds. The Bertz CT molecular complexity index is 327. The van der Waals surface area contributed by atoms with E-state index in [0.717, 1.165) is 25.9 Å². The van der Waals surface area contributed by atoms with E-state index in [9.17, 15) is 0 Å². The van der Waals surface area contributed by atoms with Gasteiger partial charge in [-0.25, -0.2) is 0 Å². The maximum Gasteiger partial charge on any atom is 0.168 e. The molecule has 3 heteroatoms. The van der Waals surface area contributed by atoms with Crippen LogP contribution in [0.1, 0.15) is 54.4 Å². The van der Waals surface area contributed by atoms with Crippen LogP contribution in [0.3, 0.4) is 0 Å². The second kappa shape index (κ2) is 3.71. The Morgan fingerprint density at radius 1 is 1.18 bits per heavy atom. The van der Waals surface area contributed by atoms with Crippen molar-refractivity contribution in [2.75, 3.05) is 13.1 Å². The van der Waals surface area contributed by atoms with Gasteiger partial charge < -0.3 is 4.84 Å². The molecule has 1 spiro atoms. The summed E-state index contributed by atoms with van der Waals surface area (Å²) in [5, 5.41) is 4.30. The average Bonchev–Trinajstić information content (AvgIpc) is 2.40. The van der Waals surface area contributed by atoms with Crippen LogP contribution in [-0.2, 0) is 4.84 Å². The van der Waals surface area contributed by atoms with Gasteiger partial charge in [0.1, 0.15) is 0 Å². The van der Waals surface area contributed by atoms with Crippen LogP contribution in [0, 0.1) is 5.41 Å². The van der Waals surface area contributed by atoms with Crippen LogP contribution >= 0.6 is 0 Å². The summed E-state index contributed by atoms with van der Waals surface area (Å²) < 4.78 is 0. The van der Waals surface area contributed by atoms with Crippen LogP contribution in [0.2, 0.25) is 0 Å². The van der Waals surface area contributed by atoms with Crippen LogP contribution in [-0.4, -0.2) is 34.8 Å². The zero-order valence-electron chi connectivity index (χ0n) is 12.1. The van der Waals surface area contributed by atoms with Crippen molar-refractivity contribution in [3.8, 4) is 0 Å². The highest BCUT2D eigenvalue weighted by Gasteiger charge is 2.52. The first-order valence-electron chi connectivity index (χ1n) is 6.59. The van der Waals surface area contributed by atoms with Gasteiger partial charge in [-0.2, -0.15) is 0 Å². The molecule has 3 nitrogen and oxygen atoms in total. The number of likely N-dealkylation sites (tertiary alicyclic amines) is 1. The number of oxime groups is 1. The van der Waals surface area contributed by atoms with Gasteiger partial charge in [-0.3, -0.25) is 4.90 Å². The average molecular weight is 238 g/mol. The first-order chi connectivity index (χ1) is 7.60. The second-order valence-corrected chi connectivity index (χ2v) is 7.87. The molecule has 1 saturated heterocycles. The van der Waals surface area contributed by atoms with E-state index in [1.54, 1.807) is 0 Å². The molecule has 98 valence electrons. The number of rotatable bonds is 1. The van der Waals surface area contributed by atoms with E-state index in [1.807, 2.05) is 0 Å². The number of nitrogens with zero attached hydrogens (tertiary/aromatic N) is 2. The first kappa shape index (κ1) is 12.9. The van der Waals surface area contributed by atoms with Crippen molar-refractivity contribution >= 4 is 5.71 Å². The van der Waals surface area contributed by atoms with Gasteiger partial charge in [0.05, 0.1) is 5.71 Å². The summed E-state index contributed by atoms with van der Waals surface area (Å²) in [6, 6.07) is 0. The van der Waals surface area contributed by atoms with E-state index in [1.165, 1.54) is 5.71 Å². The molecule has 1 fully saturated rings. The predicted molar refractivity (Wildman–Crippen MR) is 71.3 cm³/mol. The third kappa shape index (κ3) is 2.82. The Morgan fingerprint density at radius 3 is 2.24 bits per heavy atom. The van der Waals surface area contributed by atoms with Crippen molar-refractivity contribution in [3.05, 3.63) is 0 Å². The molecular formula is C14H26N2O. The minimum absolute atomic E-state index is 0.00780. The monoisotopic (exact) mass is 238 g/mol. The lowest BCUT2D eigenvalue weighted by Gasteiger charge is -2.52. The lowest BCUT2D eigenvalue weighted by molar-refractivity contribution is -0.152. The minimum atomic E-state index is 0.00780. The molecule has 0 radical (unpaired) electrons. The molecule has 0 aromatic rings. The summed E-state index contributed by atoms with van der Waals surface area (Å²) >= 11 is 0. The molecule has 0 saturated carbocycles. The fourth-order valence-electron chi connectivity index (χ4n) is 2.60. The van der Waals surface area contributed by atoms with E-state index < -0.39 is 0 Å². The largest absolute Gasteiger partial charge is 0.386 e. The molecule has 0 aromatic heterocycles. The van der Waals surface area contributed by atoms with Crippen LogP contribution in [0.5, 0.6) is 0 Å². The van der Waals surface area contributed by atoms with Crippen LogP contribution in [0.15, 0.2) is 5.16 Å². The molecule has 2 aliphatic heterocycles. The molecule has 0 aromatic carbocycles. The van der Waals surface area contributed by atoms with Crippen molar-refractivity contribution < 1.29 is 4.84 Å². The third-order valence-electron chi connectivity index (χ3n) is 3.54. The highest BCUT2D eigenvalue weighted by Crippen LogP contribution is 2.39. The lowest BCUT2D eigenvalue weighted by atomic mass is 9.81. The van der Waals surface area contributed by atoms with Gasteiger partial charge in [0.2, 0.25) is 0 Å². The van der Waals surface area contributed by atoms with Gasteiger partial charge in [-0.15, -0.1) is 0 Å². The fraction of sp³-hybridized carbons (Fsp3) is 0.929. The molecule has 2 heterocycles.